The van der Waals surface area contributed by atoms with Crippen molar-refractivity contribution in [3.05, 3.63) is 100 Å². The van der Waals surface area contributed by atoms with Gasteiger partial charge in [0, 0.05) is 49.5 Å². The Kier molecular flexibility index (Phi) is 5.87. The number of anilines is 1. The summed E-state index contributed by atoms with van der Waals surface area (Å²) < 4.78 is 1.29. The van der Waals surface area contributed by atoms with Gasteiger partial charge in [-0.3, -0.25) is 0 Å². The van der Waals surface area contributed by atoms with E-state index in [9.17, 15) is 0 Å². The minimum atomic E-state index is 0.318. The summed E-state index contributed by atoms with van der Waals surface area (Å²) in [6.45, 7) is 0. The molecule has 10 rings (SSSR count). The van der Waals surface area contributed by atoms with Crippen molar-refractivity contribution in [1.29, 1.82) is 0 Å². The minimum absolute atomic E-state index is 0.318. The first-order chi connectivity index (χ1) is 20.7. The summed E-state index contributed by atoms with van der Waals surface area (Å²) in [5.74, 6) is 0. The highest BCUT2D eigenvalue weighted by molar-refractivity contribution is 8.05. The quantitative estimate of drug-likeness (QED) is 0.199. The Balaban J connectivity index is 0.879. The molecule has 3 aliphatic heterocycles. The van der Waals surface area contributed by atoms with Crippen molar-refractivity contribution < 1.29 is 0 Å². The Morgan fingerprint density at radius 3 is 1.86 bits per heavy atom. The van der Waals surface area contributed by atoms with Crippen molar-refractivity contribution in [3.8, 4) is 30.1 Å². The van der Waals surface area contributed by atoms with Gasteiger partial charge < -0.3 is 5.32 Å². The van der Waals surface area contributed by atoms with E-state index in [-0.39, 0.29) is 0 Å². The summed E-state index contributed by atoms with van der Waals surface area (Å²) in [7, 11) is 0. The number of aromatic nitrogens is 1. The average molecular weight is 687 g/mol. The number of rotatable bonds is 4. The second-order valence-corrected chi connectivity index (χ2v) is 19.1. The van der Waals surface area contributed by atoms with Crippen molar-refractivity contribution in [3.63, 3.8) is 0 Å². The van der Waals surface area contributed by atoms with Crippen molar-refractivity contribution in [2.45, 2.75) is 30.6 Å². The van der Waals surface area contributed by atoms with Crippen LogP contribution in [-0.2, 0) is 0 Å². The molecule has 7 aromatic rings. The number of thiophene rings is 4. The standard InChI is InChI=1S/C32H18N2S8/c1-3-7-15(8-4-1)29-33-31-23(41-29)13-19(39-31)17-11-21-25(35-17)27-28(37-21)26-22(38-27)12-18(36-26)20-14-24-32(40-20)34-30(42-24)16-9-5-2-6-10-16/h1-14,27-29,33H. The number of thioether (sulfide) groups is 3. The first kappa shape index (κ1) is 25.3. The average Bonchev–Trinajstić information content (AvgIpc) is 3.83. The lowest BCUT2D eigenvalue weighted by atomic mass is 10.2. The number of hydrogen-bond acceptors (Lipinski definition) is 10. The summed E-state index contributed by atoms with van der Waals surface area (Å²) >= 11 is 15.7. The van der Waals surface area contributed by atoms with Gasteiger partial charge in [0.05, 0.1) is 15.2 Å². The van der Waals surface area contributed by atoms with E-state index < -0.39 is 0 Å². The van der Waals surface area contributed by atoms with Crippen LogP contribution >= 0.6 is 92.0 Å². The zero-order valence-electron chi connectivity index (χ0n) is 21.5. The number of hydrogen-bond donors (Lipinski definition) is 1. The third kappa shape index (κ3) is 4.00. The largest absolute Gasteiger partial charge is 0.360 e. The van der Waals surface area contributed by atoms with Crippen molar-refractivity contribution in [1.82, 2.24) is 4.98 Å². The summed E-state index contributed by atoms with van der Waals surface area (Å²) in [5, 5.41) is 7.58. The summed E-state index contributed by atoms with van der Waals surface area (Å²) in [4.78, 5) is 19.2. The highest BCUT2D eigenvalue weighted by Crippen LogP contribution is 2.71. The van der Waals surface area contributed by atoms with Gasteiger partial charge in [0.2, 0.25) is 0 Å². The number of benzene rings is 2. The van der Waals surface area contributed by atoms with Gasteiger partial charge in [-0.2, -0.15) is 0 Å². The fraction of sp³-hybridized carbons (Fsp3) is 0.0938. The number of fused-ring (bicyclic) bond motifs is 7. The second-order valence-electron chi connectivity index (χ2n) is 10.3. The Labute approximate surface area is 275 Å². The maximum absolute atomic E-state index is 4.96. The van der Waals surface area contributed by atoms with E-state index in [1.807, 2.05) is 57.1 Å². The molecule has 0 saturated heterocycles. The molecule has 1 N–H and O–H groups in total. The van der Waals surface area contributed by atoms with Gasteiger partial charge >= 0.3 is 0 Å². The third-order valence-electron chi connectivity index (χ3n) is 7.65. The van der Waals surface area contributed by atoms with Crippen LogP contribution in [0.2, 0.25) is 0 Å². The summed E-state index contributed by atoms with van der Waals surface area (Å²) in [6, 6.07) is 30.9. The molecule has 5 aromatic heterocycles. The lowest BCUT2D eigenvalue weighted by Crippen LogP contribution is -1.99. The van der Waals surface area contributed by atoms with Gasteiger partial charge in [-0.05, 0) is 29.8 Å². The second kappa shape index (κ2) is 9.74. The molecule has 0 radical (unpaired) electrons. The molecule has 0 saturated carbocycles. The Morgan fingerprint density at radius 2 is 1.19 bits per heavy atom. The van der Waals surface area contributed by atoms with Crippen LogP contribution in [-0.4, -0.2) is 4.98 Å². The maximum Gasteiger partial charge on any atom is 0.135 e. The Hall–Kier alpha value is -2.02. The van der Waals surface area contributed by atoms with E-state index in [2.05, 4.69) is 114 Å². The molecule has 0 bridgehead atoms. The van der Waals surface area contributed by atoms with Crippen LogP contribution in [0.1, 0.15) is 31.2 Å². The summed E-state index contributed by atoms with van der Waals surface area (Å²) in [6.07, 6.45) is 0. The summed E-state index contributed by atoms with van der Waals surface area (Å²) in [5.41, 5.74) is 2.54. The SMILES string of the molecule is c1ccc(-c2nc3sc(-c4cc5c(s4)C4Sc6cc(-c7cc8c(s7)NC(c7ccccc7)S8)sc6C4S5)cc3s2)cc1. The van der Waals surface area contributed by atoms with Crippen molar-refractivity contribution >= 4 is 107 Å². The predicted octanol–water partition coefficient (Wildman–Crippen LogP) is 12.8. The van der Waals surface area contributed by atoms with Gasteiger partial charge in [-0.25, -0.2) is 4.98 Å². The zero-order valence-corrected chi connectivity index (χ0v) is 28.1. The van der Waals surface area contributed by atoms with E-state index in [1.54, 1.807) is 21.1 Å². The normalized spacial score (nSPS) is 20.0. The molecular weight excluding hydrogens is 669 g/mol. The first-order valence-electron chi connectivity index (χ1n) is 13.4. The van der Waals surface area contributed by atoms with Crippen LogP contribution in [0.3, 0.4) is 0 Å². The molecular formula is C32H18N2S8. The van der Waals surface area contributed by atoms with Gasteiger partial charge in [0.15, 0.2) is 0 Å². The Morgan fingerprint density at radius 1 is 0.571 bits per heavy atom. The van der Waals surface area contributed by atoms with Crippen LogP contribution in [0.25, 0.3) is 39.6 Å². The van der Waals surface area contributed by atoms with Crippen LogP contribution in [0, 0.1) is 0 Å². The Bertz CT molecular complexity index is 2080. The molecule has 0 spiro atoms. The molecule has 0 aliphatic carbocycles. The molecule has 42 heavy (non-hydrogen) atoms. The van der Waals surface area contributed by atoms with Crippen LogP contribution in [0.15, 0.2) is 99.6 Å². The van der Waals surface area contributed by atoms with Gasteiger partial charge in [0.1, 0.15) is 20.2 Å². The monoisotopic (exact) mass is 686 g/mol. The smallest absolute Gasteiger partial charge is 0.135 e. The van der Waals surface area contributed by atoms with Gasteiger partial charge in [0.25, 0.3) is 0 Å². The van der Waals surface area contributed by atoms with E-state index in [1.165, 1.54) is 55.0 Å². The molecule has 3 atom stereocenters. The number of nitrogens with one attached hydrogen (secondary N) is 1. The lowest BCUT2D eigenvalue weighted by Gasteiger charge is -2.10. The van der Waals surface area contributed by atoms with E-state index >= 15 is 0 Å². The fourth-order valence-electron chi connectivity index (χ4n) is 5.68. The van der Waals surface area contributed by atoms with Crippen molar-refractivity contribution in [2.24, 2.45) is 0 Å². The molecule has 8 heterocycles. The number of nitrogens with zero attached hydrogens (tertiary/aromatic N) is 1. The highest BCUT2D eigenvalue weighted by atomic mass is 32.2. The van der Waals surface area contributed by atoms with Crippen LogP contribution in [0.4, 0.5) is 5.00 Å². The minimum Gasteiger partial charge on any atom is -0.360 e. The molecule has 2 aromatic carbocycles. The van der Waals surface area contributed by atoms with Crippen LogP contribution < -0.4 is 5.32 Å². The van der Waals surface area contributed by atoms with Gasteiger partial charge in [-0.15, -0.1) is 80.2 Å². The van der Waals surface area contributed by atoms with E-state index in [0.717, 1.165) is 9.84 Å². The molecule has 2 nitrogen and oxygen atoms in total. The zero-order chi connectivity index (χ0) is 27.4. The molecule has 3 unspecified atom stereocenters. The van der Waals surface area contributed by atoms with E-state index in [0.29, 0.717) is 15.9 Å². The third-order valence-corrected chi connectivity index (χ3v) is 18.5. The molecule has 0 fully saturated rings. The van der Waals surface area contributed by atoms with Crippen LogP contribution in [0.5, 0.6) is 0 Å². The molecule has 3 aliphatic rings. The maximum atomic E-state index is 4.96. The molecule has 204 valence electrons. The van der Waals surface area contributed by atoms with Crippen molar-refractivity contribution in [2.75, 3.05) is 5.32 Å². The lowest BCUT2D eigenvalue weighted by molar-refractivity contribution is 0.981. The predicted molar refractivity (Wildman–Crippen MR) is 190 cm³/mol. The number of thiazole rings is 1. The van der Waals surface area contributed by atoms with E-state index in [4.69, 9.17) is 4.98 Å². The first-order valence-corrected chi connectivity index (χ1v) is 20.1. The molecule has 0 amide bonds. The van der Waals surface area contributed by atoms with Gasteiger partial charge in [-0.1, -0.05) is 72.4 Å². The molecule has 10 heteroatoms. The highest BCUT2D eigenvalue weighted by Gasteiger charge is 2.45. The topological polar surface area (TPSA) is 24.9 Å². The fourth-order valence-corrected chi connectivity index (χ4v) is 17.0.